The van der Waals surface area contributed by atoms with Gasteiger partial charge in [-0.15, -0.1) is 0 Å². The van der Waals surface area contributed by atoms with E-state index in [2.05, 4.69) is 26.0 Å². The number of ether oxygens (including phenoxy) is 2. The van der Waals surface area contributed by atoms with Gasteiger partial charge in [-0.25, -0.2) is 9.59 Å². The van der Waals surface area contributed by atoms with E-state index in [0.717, 1.165) is 74.7 Å². The van der Waals surface area contributed by atoms with Crippen molar-refractivity contribution in [2.75, 3.05) is 0 Å². The molecule has 4 rings (SSSR count). The number of hydrogen-bond acceptors (Lipinski definition) is 4. The summed E-state index contributed by atoms with van der Waals surface area (Å²) in [7, 11) is 0. The van der Waals surface area contributed by atoms with Gasteiger partial charge in [-0.3, -0.25) is 0 Å². The van der Waals surface area contributed by atoms with Crippen molar-refractivity contribution >= 4 is 11.9 Å². The van der Waals surface area contributed by atoms with Crippen molar-refractivity contribution in [1.29, 1.82) is 0 Å². The smallest absolute Gasteiger partial charge is 0.339 e. The van der Waals surface area contributed by atoms with Crippen molar-refractivity contribution in [1.82, 2.24) is 0 Å². The molecule has 4 heteroatoms. The second-order valence-electron chi connectivity index (χ2n) is 8.76. The zero-order valence-corrected chi connectivity index (χ0v) is 17.7. The molecule has 0 N–H and O–H groups in total. The standard InChI is InChI=1S/C25H32O4/c1-3-5-12-20-16-17(23(26)28-20)15-19-11-8-10-18(9-4-2)25(19)22-14-7-6-13-21(22)24(27)29-25/h6,12-13,15,18-19H,3-5,7-11,14,16H2,1-2H3/b17-15+,20-12-/t18-,19-,25?/m1/s1. The average Bonchev–Trinajstić information content (AvgIpc) is 3.22. The lowest BCUT2D eigenvalue weighted by Gasteiger charge is -2.47. The SMILES string of the molecule is CCC/C=C1/C/C(=C\[C@H]2CCC[C@@H](CCC)C23OC(=O)C2=C3CCC=C2)C(=O)O1. The van der Waals surface area contributed by atoms with E-state index in [0.29, 0.717) is 12.3 Å². The van der Waals surface area contributed by atoms with Crippen molar-refractivity contribution < 1.29 is 19.1 Å². The van der Waals surface area contributed by atoms with Crippen molar-refractivity contribution in [3.05, 3.63) is 46.8 Å². The van der Waals surface area contributed by atoms with Crippen LogP contribution in [0.3, 0.4) is 0 Å². The normalized spacial score (nSPS) is 34.3. The molecule has 29 heavy (non-hydrogen) atoms. The molecule has 1 saturated carbocycles. The average molecular weight is 397 g/mol. The van der Waals surface area contributed by atoms with E-state index >= 15 is 0 Å². The fourth-order valence-corrected chi connectivity index (χ4v) is 5.66. The largest absolute Gasteiger partial charge is 0.450 e. The van der Waals surface area contributed by atoms with Gasteiger partial charge in [-0.1, -0.05) is 51.3 Å². The van der Waals surface area contributed by atoms with E-state index < -0.39 is 5.60 Å². The summed E-state index contributed by atoms with van der Waals surface area (Å²) in [6.07, 6.45) is 17.7. The van der Waals surface area contributed by atoms with E-state index in [1.165, 1.54) is 5.57 Å². The zero-order valence-electron chi connectivity index (χ0n) is 17.7. The molecule has 0 amide bonds. The number of esters is 2. The zero-order chi connectivity index (χ0) is 20.4. The number of carbonyl (C=O) groups is 2. The Labute approximate surface area is 173 Å². The first-order valence-electron chi connectivity index (χ1n) is 11.4. The Morgan fingerprint density at radius 3 is 2.83 bits per heavy atom. The fraction of sp³-hybridized carbons (Fsp3) is 0.600. The Morgan fingerprint density at radius 2 is 2.03 bits per heavy atom. The molecule has 0 aromatic carbocycles. The summed E-state index contributed by atoms with van der Waals surface area (Å²) in [6, 6.07) is 0. The highest BCUT2D eigenvalue weighted by atomic mass is 16.6. The first-order chi connectivity index (χ1) is 14.1. The Kier molecular flexibility index (Phi) is 5.80. The number of hydrogen-bond donors (Lipinski definition) is 0. The van der Waals surface area contributed by atoms with Crippen molar-refractivity contribution in [3.63, 3.8) is 0 Å². The van der Waals surface area contributed by atoms with E-state index in [-0.39, 0.29) is 17.9 Å². The summed E-state index contributed by atoms with van der Waals surface area (Å²) in [5, 5.41) is 0. The van der Waals surface area contributed by atoms with Gasteiger partial charge >= 0.3 is 11.9 Å². The van der Waals surface area contributed by atoms with Gasteiger partial charge in [0.2, 0.25) is 0 Å². The molecule has 1 spiro atoms. The van der Waals surface area contributed by atoms with Gasteiger partial charge < -0.3 is 9.47 Å². The highest BCUT2D eigenvalue weighted by molar-refractivity contribution is 5.97. The lowest BCUT2D eigenvalue weighted by molar-refractivity contribution is -0.159. The minimum Gasteiger partial charge on any atom is -0.450 e. The fourth-order valence-electron chi connectivity index (χ4n) is 5.66. The van der Waals surface area contributed by atoms with Crippen LogP contribution in [0, 0.1) is 11.8 Å². The maximum Gasteiger partial charge on any atom is 0.339 e. The maximum atomic E-state index is 12.8. The molecule has 4 aliphatic rings. The Bertz CT molecular complexity index is 811. The molecule has 3 atom stereocenters. The number of carbonyl (C=O) groups excluding carboxylic acids is 2. The topological polar surface area (TPSA) is 52.6 Å². The van der Waals surface area contributed by atoms with Crippen LogP contribution in [0.25, 0.3) is 0 Å². The number of unbranched alkanes of at least 4 members (excludes halogenated alkanes) is 1. The van der Waals surface area contributed by atoms with Gasteiger partial charge in [-0.2, -0.15) is 0 Å². The predicted octanol–water partition coefficient (Wildman–Crippen LogP) is 5.70. The molecule has 156 valence electrons. The van der Waals surface area contributed by atoms with Crippen LogP contribution in [-0.2, 0) is 19.1 Å². The molecule has 2 heterocycles. The molecule has 1 saturated heterocycles. The first-order valence-corrected chi connectivity index (χ1v) is 11.4. The summed E-state index contributed by atoms with van der Waals surface area (Å²) in [5.41, 5.74) is 2.10. The molecule has 4 nitrogen and oxygen atoms in total. The third-order valence-electron chi connectivity index (χ3n) is 6.90. The van der Waals surface area contributed by atoms with Crippen molar-refractivity contribution in [3.8, 4) is 0 Å². The lowest BCUT2D eigenvalue weighted by atomic mass is 9.62. The highest BCUT2D eigenvalue weighted by Crippen LogP contribution is 2.55. The molecule has 0 aromatic rings. The second kappa shape index (κ2) is 8.33. The number of cyclic esters (lactones) is 1. The highest BCUT2D eigenvalue weighted by Gasteiger charge is 2.57. The van der Waals surface area contributed by atoms with Gasteiger partial charge in [0.25, 0.3) is 0 Å². The minimum atomic E-state index is -0.575. The van der Waals surface area contributed by atoms with Gasteiger partial charge in [0, 0.05) is 23.8 Å². The molecular weight excluding hydrogens is 364 g/mol. The summed E-state index contributed by atoms with van der Waals surface area (Å²) in [4.78, 5) is 25.3. The molecule has 2 aliphatic heterocycles. The van der Waals surface area contributed by atoms with Gasteiger partial charge in [0.1, 0.15) is 11.4 Å². The van der Waals surface area contributed by atoms with E-state index in [1.54, 1.807) is 0 Å². The monoisotopic (exact) mass is 396 g/mol. The summed E-state index contributed by atoms with van der Waals surface area (Å²) in [5.74, 6) is 0.714. The Hall–Kier alpha value is -2.10. The molecule has 0 aromatic heterocycles. The van der Waals surface area contributed by atoms with Crippen LogP contribution in [0.5, 0.6) is 0 Å². The van der Waals surface area contributed by atoms with Crippen LogP contribution in [-0.4, -0.2) is 17.5 Å². The predicted molar refractivity (Wildman–Crippen MR) is 112 cm³/mol. The molecule has 2 aliphatic carbocycles. The van der Waals surface area contributed by atoms with E-state index in [9.17, 15) is 9.59 Å². The van der Waals surface area contributed by atoms with Crippen LogP contribution in [0.15, 0.2) is 46.8 Å². The number of rotatable bonds is 5. The number of fused-ring (bicyclic) bond motifs is 1. The van der Waals surface area contributed by atoms with Crippen molar-refractivity contribution in [2.24, 2.45) is 11.8 Å². The van der Waals surface area contributed by atoms with Gasteiger partial charge in [-0.05, 0) is 50.2 Å². The molecule has 0 radical (unpaired) electrons. The second-order valence-corrected chi connectivity index (χ2v) is 8.76. The summed E-state index contributed by atoms with van der Waals surface area (Å²) >= 11 is 0. The molecular formula is C25H32O4. The molecule has 1 unspecified atom stereocenters. The Balaban J connectivity index is 1.72. The Morgan fingerprint density at radius 1 is 1.17 bits per heavy atom. The summed E-state index contributed by atoms with van der Waals surface area (Å²) in [6.45, 7) is 4.31. The van der Waals surface area contributed by atoms with Crippen LogP contribution < -0.4 is 0 Å². The minimum absolute atomic E-state index is 0.0452. The quantitative estimate of drug-likeness (QED) is 0.442. The maximum absolute atomic E-state index is 12.8. The van der Waals surface area contributed by atoms with Gasteiger partial charge in [0.15, 0.2) is 0 Å². The first kappa shape index (κ1) is 20.2. The van der Waals surface area contributed by atoms with E-state index in [1.807, 2.05) is 12.2 Å². The third kappa shape index (κ3) is 3.51. The molecule has 2 fully saturated rings. The van der Waals surface area contributed by atoms with Gasteiger partial charge in [0.05, 0.1) is 5.57 Å². The van der Waals surface area contributed by atoms with Crippen LogP contribution in [0.2, 0.25) is 0 Å². The van der Waals surface area contributed by atoms with Crippen LogP contribution >= 0.6 is 0 Å². The molecule has 0 bridgehead atoms. The van der Waals surface area contributed by atoms with Crippen LogP contribution in [0.1, 0.15) is 78.1 Å². The number of allylic oxidation sites excluding steroid dienone is 3. The summed E-state index contributed by atoms with van der Waals surface area (Å²) < 4.78 is 11.8. The lowest BCUT2D eigenvalue weighted by Crippen LogP contribution is -2.49. The van der Waals surface area contributed by atoms with Crippen molar-refractivity contribution in [2.45, 2.75) is 83.7 Å². The van der Waals surface area contributed by atoms with Crippen LogP contribution in [0.4, 0.5) is 0 Å². The third-order valence-corrected chi connectivity index (χ3v) is 6.90. The van der Waals surface area contributed by atoms with E-state index in [4.69, 9.17) is 9.47 Å².